The first-order valence-electron chi connectivity index (χ1n) is 21.3. The summed E-state index contributed by atoms with van der Waals surface area (Å²) in [6.07, 6.45) is 0. The van der Waals surface area contributed by atoms with Crippen molar-refractivity contribution in [2.75, 3.05) is 4.90 Å². The molecule has 0 fully saturated rings. The van der Waals surface area contributed by atoms with Crippen molar-refractivity contribution in [1.82, 2.24) is 0 Å². The minimum atomic E-state index is 0.0391. The number of hydrogen-bond acceptors (Lipinski definition) is 1. The molecule has 0 atom stereocenters. The Morgan fingerprint density at radius 3 is 1.46 bits per heavy atom. The predicted molar refractivity (Wildman–Crippen MR) is 264 cm³/mol. The van der Waals surface area contributed by atoms with Crippen LogP contribution < -0.4 is 4.90 Å². The molecule has 0 saturated carbocycles. The second-order valence-corrected chi connectivity index (χ2v) is 17.3. The maximum absolute atomic E-state index is 2.48. The van der Waals surface area contributed by atoms with E-state index in [2.05, 4.69) is 244 Å². The second-order valence-electron chi connectivity index (χ2n) is 17.3. The fraction of sp³-hybridized carbons (Fsp3) is 0.0667. The molecule has 290 valence electrons. The van der Waals surface area contributed by atoms with E-state index in [0.717, 1.165) is 17.1 Å². The van der Waals surface area contributed by atoms with E-state index in [9.17, 15) is 0 Å². The molecule has 1 nitrogen and oxygen atoms in total. The molecule has 0 aromatic heterocycles. The predicted octanol–water partition coefficient (Wildman–Crippen LogP) is 17.2. The molecule has 0 unspecified atom stereocenters. The van der Waals surface area contributed by atoms with Crippen LogP contribution in [0.25, 0.3) is 87.2 Å². The summed E-state index contributed by atoms with van der Waals surface area (Å²) in [6, 6.07) is 80.7. The molecule has 0 bridgehead atoms. The summed E-state index contributed by atoms with van der Waals surface area (Å²) in [5.74, 6) is 0. The molecule has 61 heavy (non-hydrogen) atoms. The highest BCUT2D eigenvalue weighted by Gasteiger charge is 2.24. The van der Waals surface area contributed by atoms with Crippen LogP contribution in [-0.4, -0.2) is 0 Å². The van der Waals surface area contributed by atoms with Crippen LogP contribution >= 0.6 is 0 Å². The molecule has 11 aromatic carbocycles. The second kappa shape index (κ2) is 14.7. The smallest absolute Gasteiger partial charge is 0.0546 e. The fourth-order valence-corrected chi connectivity index (χ4v) is 9.63. The summed E-state index contributed by atoms with van der Waals surface area (Å²) in [5, 5.41) is 12.4. The third kappa shape index (κ3) is 6.24. The van der Waals surface area contributed by atoms with E-state index in [1.807, 2.05) is 0 Å². The van der Waals surface area contributed by atoms with Crippen LogP contribution in [0.4, 0.5) is 17.1 Å². The van der Waals surface area contributed by atoms with E-state index in [1.165, 1.54) is 92.8 Å². The molecule has 11 rings (SSSR count). The Morgan fingerprint density at radius 2 is 0.820 bits per heavy atom. The number of anilines is 3. The zero-order valence-corrected chi connectivity index (χ0v) is 34.7. The van der Waals surface area contributed by atoms with Gasteiger partial charge in [0.15, 0.2) is 0 Å². The van der Waals surface area contributed by atoms with Gasteiger partial charge >= 0.3 is 0 Å². The van der Waals surface area contributed by atoms with Crippen molar-refractivity contribution in [3.05, 3.63) is 224 Å². The van der Waals surface area contributed by atoms with E-state index in [0.29, 0.717) is 0 Å². The van der Waals surface area contributed by atoms with Crippen LogP contribution in [0.15, 0.2) is 218 Å². The van der Waals surface area contributed by atoms with Crippen molar-refractivity contribution in [2.45, 2.75) is 26.2 Å². The van der Waals surface area contributed by atoms with Crippen LogP contribution in [0.1, 0.15) is 26.3 Å². The van der Waals surface area contributed by atoms with Gasteiger partial charge in [-0.05, 0) is 129 Å². The van der Waals surface area contributed by atoms with Crippen molar-refractivity contribution in [3.63, 3.8) is 0 Å². The van der Waals surface area contributed by atoms with Crippen molar-refractivity contribution in [1.29, 1.82) is 0 Å². The summed E-state index contributed by atoms with van der Waals surface area (Å²) < 4.78 is 0. The minimum absolute atomic E-state index is 0.0391. The van der Waals surface area contributed by atoms with Gasteiger partial charge in [-0.1, -0.05) is 203 Å². The number of benzene rings is 11. The van der Waals surface area contributed by atoms with Gasteiger partial charge in [0.25, 0.3) is 0 Å². The van der Waals surface area contributed by atoms with Crippen LogP contribution in [0, 0.1) is 0 Å². The maximum atomic E-state index is 2.48. The standard InChI is InChI=1S/C60H45N/c1-60(2,3)44-31-33-45(34-32-44)61(56-37-43-25-13-14-26-47(43)48-27-15-17-29-50(48)56)46-35-36-52-55(38-46)49-28-16-18-30-51(49)59-57(42-23-11-6-12-24-42)53(40-19-7-4-8-20-40)39-54(58(52)59)41-21-9-5-10-22-41/h4-39H,1-3H3. The lowest BCUT2D eigenvalue weighted by atomic mass is 9.81. The summed E-state index contributed by atoms with van der Waals surface area (Å²) in [4.78, 5) is 2.48. The summed E-state index contributed by atoms with van der Waals surface area (Å²) in [7, 11) is 0. The van der Waals surface area contributed by atoms with Gasteiger partial charge < -0.3 is 4.90 Å². The zero-order valence-electron chi connectivity index (χ0n) is 34.7. The van der Waals surface area contributed by atoms with Gasteiger partial charge in [0.05, 0.1) is 5.69 Å². The van der Waals surface area contributed by atoms with E-state index in [-0.39, 0.29) is 5.41 Å². The lowest BCUT2D eigenvalue weighted by Crippen LogP contribution is -2.13. The Bertz CT molecular complexity index is 3410. The molecule has 1 heteroatoms. The number of nitrogens with zero attached hydrogens (tertiary/aromatic N) is 1. The SMILES string of the molecule is CC(C)(C)c1ccc(N(c2ccc3c(c2)c2ccccc2c2c(-c4ccccc4)c(-c4ccccc4)cc(-c4ccccc4)c32)c2cc3ccccc3c3ccccc23)cc1. The highest BCUT2D eigenvalue weighted by atomic mass is 15.1. The van der Waals surface area contributed by atoms with Gasteiger partial charge in [-0.2, -0.15) is 0 Å². The molecule has 0 aliphatic rings. The lowest BCUT2D eigenvalue weighted by Gasteiger charge is -2.29. The number of hydrogen-bond donors (Lipinski definition) is 0. The Hall–Kier alpha value is -7.48. The largest absolute Gasteiger partial charge is 0.310 e. The van der Waals surface area contributed by atoms with Crippen LogP contribution in [-0.2, 0) is 5.41 Å². The van der Waals surface area contributed by atoms with Crippen molar-refractivity contribution < 1.29 is 0 Å². The first kappa shape index (κ1) is 36.6. The molecular formula is C60H45N. The monoisotopic (exact) mass is 779 g/mol. The highest BCUT2D eigenvalue weighted by Crippen LogP contribution is 2.50. The van der Waals surface area contributed by atoms with Gasteiger partial charge in [0, 0.05) is 16.8 Å². The van der Waals surface area contributed by atoms with Gasteiger partial charge in [0.1, 0.15) is 0 Å². The van der Waals surface area contributed by atoms with Crippen LogP contribution in [0.3, 0.4) is 0 Å². The lowest BCUT2D eigenvalue weighted by molar-refractivity contribution is 0.590. The molecule has 0 radical (unpaired) electrons. The first-order chi connectivity index (χ1) is 29.9. The average Bonchev–Trinajstić information content (AvgIpc) is 3.32. The average molecular weight is 780 g/mol. The van der Waals surface area contributed by atoms with Crippen molar-refractivity contribution >= 4 is 70.9 Å². The van der Waals surface area contributed by atoms with Crippen molar-refractivity contribution in [3.8, 4) is 33.4 Å². The van der Waals surface area contributed by atoms with Gasteiger partial charge in [-0.3, -0.25) is 0 Å². The quantitative estimate of drug-likeness (QED) is 0.152. The van der Waals surface area contributed by atoms with Crippen molar-refractivity contribution in [2.24, 2.45) is 0 Å². The van der Waals surface area contributed by atoms with Crippen LogP contribution in [0.2, 0.25) is 0 Å². The summed E-state index contributed by atoms with van der Waals surface area (Å²) in [5.41, 5.74) is 12.1. The zero-order chi connectivity index (χ0) is 41.1. The van der Waals surface area contributed by atoms with Gasteiger partial charge in [-0.25, -0.2) is 0 Å². The van der Waals surface area contributed by atoms with E-state index in [4.69, 9.17) is 0 Å². The van der Waals surface area contributed by atoms with Crippen LogP contribution in [0.5, 0.6) is 0 Å². The number of rotatable bonds is 6. The normalized spacial score (nSPS) is 11.9. The van der Waals surface area contributed by atoms with E-state index in [1.54, 1.807) is 0 Å². The molecular weight excluding hydrogens is 735 g/mol. The molecule has 0 saturated heterocycles. The minimum Gasteiger partial charge on any atom is -0.310 e. The Labute approximate surface area is 357 Å². The van der Waals surface area contributed by atoms with E-state index < -0.39 is 0 Å². The molecule has 0 N–H and O–H groups in total. The summed E-state index contributed by atoms with van der Waals surface area (Å²) >= 11 is 0. The molecule has 0 amide bonds. The number of fused-ring (bicyclic) bond motifs is 9. The molecule has 11 aromatic rings. The topological polar surface area (TPSA) is 3.24 Å². The van der Waals surface area contributed by atoms with Gasteiger partial charge in [-0.15, -0.1) is 0 Å². The maximum Gasteiger partial charge on any atom is 0.0546 e. The fourth-order valence-electron chi connectivity index (χ4n) is 9.63. The third-order valence-corrected chi connectivity index (χ3v) is 12.6. The molecule has 0 aliphatic heterocycles. The first-order valence-corrected chi connectivity index (χ1v) is 21.3. The van der Waals surface area contributed by atoms with Gasteiger partial charge in [0.2, 0.25) is 0 Å². The Balaban J connectivity index is 1.27. The Morgan fingerprint density at radius 1 is 0.328 bits per heavy atom. The molecule has 0 aliphatic carbocycles. The molecule has 0 heterocycles. The summed E-state index contributed by atoms with van der Waals surface area (Å²) in [6.45, 7) is 6.85. The highest BCUT2D eigenvalue weighted by molar-refractivity contribution is 6.33. The third-order valence-electron chi connectivity index (χ3n) is 12.6. The Kier molecular flexibility index (Phi) is 8.79. The molecule has 0 spiro atoms. The van der Waals surface area contributed by atoms with E-state index >= 15 is 0 Å².